The van der Waals surface area contributed by atoms with Crippen LogP contribution in [-0.4, -0.2) is 27.5 Å². The van der Waals surface area contributed by atoms with Crippen LogP contribution in [0.5, 0.6) is 0 Å². The van der Waals surface area contributed by atoms with Crippen molar-refractivity contribution in [2.45, 2.75) is 6.92 Å². The van der Waals surface area contributed by atoms with E-state index in [-0.39, 0.29) is 0 Å². The first-order valence-corrected chi connectivity index (χ1v) is 6.56. The summed E-state index contributed by atoms with van der Waals surface area (Å²) in [5, 5.41) is 0.619. The average molecular weight is 282 g/mol. The summed E-state index contributed by atoms with van der Waals surface area (Å²) in [6.45, 7) is 2.07. The van der Waals surface area contributed by atoms with E-state index in [1.165, 1.54) is 6.33 Å². The van der Waals surface area contributed by atoms with Gasteiger partial charge in [-0.2, -0.15) is 0 Å². The monoisotopic (exact) mass is 282 g/mol. The maximum Gasteiger partial charge on any atom is 0.340 e. The number of carbonyl (C=O) groups is 1. The van der Waals surface area contributed by atoms with E-state index in [2.05, 4.69) is 15.0 Å². The molecule has 3 rings (SSSR count). The van der Waals surface area contributed by atoms with Gasteiger partial charge in [-0.15, -0.1) is 0 Å². The third-order valence-electron chi connectivity index (χ3n) is 3.18. The lowest BCUT2D eigenvalue weighted by Crippen LogP contribution is -2.04. The average Bonchev–Trinajstić information content (AvgIpc) is 2.92. The van der Waals surface area contributed by atoms with E-state index >= 15 is 0 Å². The zero-order valence-corrected chi connectivity index (χ0v) is 11.5. The number of ether oxygens (including phenoxy) is 1. The van der Waals surface area contributed by atoms with Gasteiger partial charge in [-0.25, -0.2) is 14.8 Å². The Labute approximate surface area is 121 Å². The van der Waals surface area contributed by atoms with Gasteiger partial charge in [0.1, 0.15) is 12.0 Å². The van der Waals surface area contributed by atoms with Crippen LogP contribution in [0.4, 0.5) is 5.69 Å². The van der Waals surface area contributed by atoms with Crippen molar-refractivity contribution in [2.24, 2.45) is 0 Å². The van der Waals surface area contributed by atoms with E-state index in [9.17, 15) is 4.79 Å². The summed E-state index contributed by atoms with van der Waals surface area (Å²) in [7, 11) is 0. The number of para-hydroxylation sites is 1. The minimum atomic E-state index is -0.408. The Kier molecular flexibility index (Phi) is 3.27. The minimum Gasteiger partial charge on any atom is -0.462 e. The predicted octanol–water partition coefficient (Wildman–Crippen LogP) is 2.38. The standard InChI is InChI=1S/C15H14N4O2/c1-2-21-15(20)10-7-17-14-12(10)13(18-8-19-14)9-5-3-4-6-11(9)16/h3-8H,2,16H2,1H3,(H,17,18,19). The van der Waals surface area contributed by atoms with Crippen molar-refractivity contribution in [3.05, 3.63) is 42.4 Å². The molecule has 3 N–H and O–H groups in total. The number of hydrogen-bond donors (Lipinski definition) is 2. The fourth-order valence-electron chi connectivity index (χ4n) is 2.25. The maximum absolute atomic E-state index is 12.1. The van der Waals surface area contributed by atoms with Gasteiger partial charge in [0, 0.05) is 17.4 Å². The van der Waals surface area contributed by atoms with Crippen LogP contribution < -0.4 is 5.73 Å². The molecule has 3 aromatic rings. The first kappa shape index (κ1) is 13.1. The molecule has 106 valence electrons. The summed E-state index contributed by atoms with van der Waals surface area (Å²) in [5.41, 5.74) is 8.96. The van der Waals surface area contributed by atoms with Crippen LogP contribution in [-0.2, 0) is 4.74 Å². The molecular formula is C15H14N4O2. The first-order chi connectivity index (χ1) is 10.2. The molecular weight excluding hydrogens is 268 g/mol. The van der Waals surface area contributed by atoms with Gasteiger partial charge < -0.3 is 15.5 Å². The number of nitrogen functional groups attached to an aromatic ring is 1. The van der Waals surface area contributed by atoms with Crippen LogP contribution in [0.2, 0.25) is 0 Å². The Hall–Kier alpha value is -2.89. The van der Waals surface area contributed by atoms with Gasteiger partial charge in [0.05, 0.1) is 23.3 Å². The van der Waals surface area contributed by atoms with E-state index in [4.69, 9.17) is 10.5 Å². The van der Waals surface area contributed by atoms with Gasteiger partial charge in [0.2, 0.25) is 0 Å². The lowest BCUT2D eigenvalue weighted by Gasteiger charge is -2.07. The summed E-state index contributed by atoms with van der Waals surface area (Å²) in [6, 6.07) is 7.37. The molecule has 1 aromatic carbocycles. The molecule has 6 nitrogen and oxygen atoms in total. The van der Waals surface area contributed by atoms with Crippen LogP contribution in [0.25, 0.3) is 22.3 Å². The van der Waals surface area contributed by atoms with Gasteiger partial charge >= 0.3 is 5.97 Å². The SMILES string of the molecule is CCOC(=O)c1c[nH]c2ncnc(-c3ccccc3N)c12. The second-order valence-electron chi connectivity index (χ2n) is 4.46. The summed E-state index contributed by atoms with van der Waals surface area (Å²) >= 11 is 0. The number of aromatic nitrogens is 3. The number of nitrogens with zero attached hydrogens (tertiary/aromatic N) is 2. The van der Waals surface area contributed by atoms with Crippen molar-refractivity contribution >= 4 is 22.7 Å². The number of esters is 1. The van der Waals surface area contributed by atoms with Crippen molar-refractivity contribution in [1.29, 1.82) is 0 Å². The van der Waals surface area contributed by atoms with Gasteiger partial charge in [0.25, 0.3) is 0 Å². The van der Waals surface area contributed by atoms with Gasteiger partial charge in [-0.05, 0) is 13.0 Å². The van der Waals surface area contributed by atoms with E-state index in [0.717, 1.165) is 5.56 Å². The number of carbonyl (C=O) groups excluding carboxylic acids is 1. The number of fused-ring (bicyclic) bond motifs is 1. The molecule has 0 saturated heterocycles. The summed E-state index contributed by atoms with van der Waals surface area (Å²) in [5.74, 6) is -0.408. The van der Waals surface area contributed by atoms with Crippen LogP contribution in [0.3, 0.4) is 0 Å². The van der Waals surface area contributed by atoms with Crippen molar-refractivity contribution in [2.75, 3.05) is 12.3 Å². The number of nitrogens with two attached hydrogens (primary N) is 1. The molecule has 6 heteroatoms. The minimum absolute atomic E-state index is 0.308. The van der Waals surface area contributed by atoms with E-state index in [0.29, 0.717) is 34.6 Å². The fourth-order valence-corrected chi connectivity index (χ4v) is 2.25. The highest BCUT2D eigenvalue weighted by Gasteiger charge is 2.19. The molecule has 0 amide bonds. The van der Waals surface area contributed by atoms with Crippen LogP contribution in [0, 0.1) is 0 Å². The predicted molar refractivity (Wildman–Crippen MR) is 79.7 cm³/mol. The van der Waals surface area contributed by atoms with Crippen LogP contribution in [0.1, 0.15) is 17.3 Å². The fraction of sp³-hybridized carbons (Fsp3) is 0.133. The van der Waals surface area contributed by atoms with Crippen molar-refractivity contribution in [3.63, 3.8) is 0 Å². The second-order valence-corrected chi connectivity index (χ2v) is 4.46. The molecule has 21 heavy (non-hydrogen) atoms. The molecule has 0 aliphatic heterocycles. The Bertz CT molecular complexity index is 810. The van der Waals surface area contributed by atoms with E-state index in [1.807, 2.05) is 18.2 Å². The molecule has 2 heterocycles. The molecule has 2 aromatic heterocycles. The maximum atomic E-state index is 12.1. The highest BCUT2D eigenvalue weighted by molar-refractivity contribution is 6.09. The molecule has 0 bridgehead atoms. The van der Waals surface area contributed by atoms with Crippen molar-refractivity contribution in [3.8, 4) is 11.3 Å². The zero-order valence-electron chi connectivity index (χ0n) is 11.5. The lowest BCUT2D eigenvalue weighted by atomic mass is 10.0. The Morgan fingerprint density at radius 1 is 1.33 bits per heavy atom. The Morgan fingerprint density at radius 3 is 2.90 bits per heavy atom. The molecule has 0 spiro atoms. The molecule has 0 radical (unpaired) electrons. The smallest absolute Gasteiger partial charge is 0.340 e. The zero-order chi connectivity index (χ0) is 14.8. The number of anilines is 1. The van der Waals surface area contributed by atoms with Crippen LogP contribution in [0.15, 0.2) is 36.8 Å². The quantitative estimate of drug-likeness (QED) is 0.568. The van der Waals surface area contributed by atoms with Gasteiger partial charge in [-0.3, -0.25) is 0 Å². The van der Waals surface area contributed by atoms with E-state index in [1.54, 1.807) is 19.2 Å². The number of aromatic amines is 1. The Balaban J connectivity index is 2.26. The normalized spacial score (nSPS) is 10.7. The van der Waals surface area contributed by atoms with Gasteiger partial charge in [-0.1, -0.05) is 18.2 Å². The molecule has 0 aliphatic rings. The molecule has 0 unspecified atom stereocenters. The molecule has 0 aliphatic carbocycles. The number of H-pyrrole nitrogens is 1. The molecule has 0 atom stereocenters. The highest BCUT2D eigenvalue weighted by atomic mass is 16.5. The lowest BCUT2D eigenvalue weighted by molar-refractivity contribution is 0.0528. The number of nitrogens with one attached hydrogen (secondary N) is 1. The first-order valence-electron chi connectivity index (χ1n) is 6.56. The van der Waals surface area contributed by atoms with E-state index < -0.39 is 5.97 Å². The third kappa shape index (κ3) is 2.20. The topological polar surface area (TPSA) is 93.9 Å². The molecule has 0 fully saturated rings. The summed E-state index contributed by atoms with van der Waals surface area (Å²) in [4.78, 5) is 23.5. The van der Waals surface area contributed by atoms with Crippen molar-refractivity contribution < 1.29 is 9.53 Å². The van der Waals surface area contributed by atoms with Gasteiger partial charge in [0.15, 0.2) is 0 Å². The number of benzene rings is 1. The highest BCUT2D eigenvalue weighted by Crippen LogP contribution is 2.31. The van der Waals surface area contributed by atoms with Crippen LogP contribution >= 0.6 is 0 Å². The largest absolute Gasteiger partial charge is 0.462 e. The third-order valence-corrected chi connectivity index (χ3v) is 3.18. The Morgan fingerprint density at radius 2 is 2.14 bits per heavy atom. The number of hydrogen-bond acceptors (Lipinski definition) is 5. The molecule has 0 saturated carbocycles. The summed E-state index contributed by atoms with van der Waals surface area (Å²) in [6.07, 6.45) is 3.02. The second kappa shape index (κ2) is 5.24. The number of rotatable bonds is 3. The summed E-state index contributed by atoms with van der Waals surface area (Å²) < 4.78 is 5.07. The van der Waals surface area contributed by atoms with Crippen molar-refractivity contribution in [1.82, 2.24) is 15.0 Å².